The highest BCUT2D eigenvalue weighted by molar-refractivity contribution is 7.47. The Bertz CT molecular complexity index is 1290. The second-order valence-corrected chi connectivity index (χ2v) is 17.0. The maximum absolute atomic E-state index is 12.6. The maximum atomic E-state index is 12.6. The lowest BCUT2D eigenvalue weighted by Crippen LogP contribution is -2.34. The molecule has 0 saturated carbocycles. The molecule has 0 aromatic rings. The smallest absolute Gasteiger partial charge is 0.472 e. The molecule has 0 aliphatic carbocycles. The van der Waals surface area contributed by atoms with Crippen LogP contribution in [-0.4, -0.2) is 60.5 Å². The first-order valence-electron chi connectivity index (χ1n) is 23.6. The number of carboxylic acids is 1. The molecule has 0 bridgehead atoms. The quantitative estimate of drug-likeness (QED) is 0.0233. The predicted molar refractivity (Wildman–Crippen MR) is 253 cm³/mol. The van der Waals surface area contributed by atoms with Gasteiger partial charge in [0.25, 0.3) is 0 Å². The van der Waals surface area contributed by atoms with Crippen LogP contribution in [0, 0.1) is 0 Å². The fourth-order valence-electron chi connectivity index (χ4n) is 6.04. The maximum Gasteiger partial charge on any atom is 0.472 e. The Balaban J connectivity index is 4.32. The van der Waals surface area contributed by atoms with Gasteiger partial charge in [0.05, 0.1) is 19.8 Å². The van der Waals surface area contributed by atoms with E-state index in [0.29, 0.717) is 13.0 Å². The minimum Gasteiger partial charge on any atom is -0.480 e. The van der Waals surface area contributed by atoms with Gasteiger partial charge in [0.15, 0.2) is 0 Å². The van der Waals surface area contributed by atoms with Gasteiger partial charge in [-0.25, -0.2) is 4.57 Å². The van der Waals surface area contributed by atoms with Gasteiger partial charge in [-0.3, -0.25) is 18.6 Å². The van der Waals surface area contributed by atoms with E-state index in [1.807, 2.05) is 12.2 Å². The van der Waals surface area contributed by atoms with Crippen LogP contribution in [0.15, 0.2) is 85.1 Å². The third kappa shape index (κ3) is 45.0. The predicted octanol–water partition coefficient (Wildman–Crippen LogP) is 13.5. The number of hydrogen-bond acceptors (Lipinski definition) is 8. The monoisotopic (exact) mass is 876 g/mol. The molecule has 10 nitrogen and oxygen atoms in total. The van der Waals surface area contributed by atoms with Crippen molar-refractivity contribution in [2.24, 2.45) is 5.73 Å². The van der Waals surface area contributed by atoms with Crippen LogP contribution < -0.4 is 5.73 Å². The molecule has 4 N–H and O–H groups in total. The van der Waals surface area contributed by atoms with Gasteiger partial charge in [0.1, 0.15) is 12.1 Å². The number of nitrogens with two attached hydrogens (primary N) is 1. The van der Waals surface area contributed by atoms with E-state index >= 15 is 0 Å². The van der Waals surface area contributed by atoms with Crippen molar-refractivity contribution in [1.29, 1.82) is 0 Å². The Hall–Kier alpha value is -2.85. The lowest BCUT2D eigenvalue weighted by molar-refractivity contribution is -0.154. The fourth-order valence-corrected chi connectivity index (χ4v) is 6.81. The Morgan fingerprint density at radius 3 is 1.43 bits per heavy atom. The van der Waals surface area contributed by atoms with Crippen LogP contribution in [0.1, 0.15) is 181 Å². The molecule has 3 unspecified atom stereocenters. The van der Waals surface area contributed by atoms with Crippen LogP contribution >= 0.6 is 7.82 Å². The summed E-state index contributed by atoms with van der Waals surface area (Å²) in [5.74, 6) is -1.87. The first-order chi connectivity index (χ1) is 29.7. The van der Waals surface area contributed by atoms with Crippen LogP contribution in [-0.2, 0) is 32.7 Å². The zero-order valence-electron chi connectivity index (χ0n) is 38.2. The van der Waals surface area contributed by atoms with Crippen molar-refractivity contribution in [3.63, 3.8) is 0 Å². The molecule has 0 radical (unpaired) electrons. The van der Waals surface area contributed by atoms with E-state index in [9.17, 15) is 19.0 Å². The minimum atomic E-state index is -4.64. The van der Waals surface area contributed by atoms with Crippen molar-refractivity contribution in [2.45, 2.75) is 193 Å². The number of esters is 1. The number of allylic oxidation sites excluding steroid dienone is 14. The molecule has 0 aromatic heterocycles. The Morgan fingerprint density at radius 2 is 0.951 bits per heavy atom. The molecular weight excluding hydrogens is 790 g/mol. The van der Waals surface area contributed by atoms with Gasteiger partial charge < -0.3 is 25.2 Å². The number of aliphatic carboxylic acids is 1. The highest BCUT2D eigenvalue weighted by Crippen LogP contribution is 2.43. The van der Waals surface area contributed by atoms with Crippen LogP contribution in [0.2, 0.25) is 0 Å². The zero-order chi connectivity index (χ0) is 44.8. The SMILES string of the molecule is CC/C=C\C/C=C\C/C=C\C/C=C\C/C=C\C/C=C\CCC(=O)OC(COCCCCCCCCCCCC/C=C\CCCCCCCC)COP(=O)(O)OCC(N)C(=O)O. The van der Waals surface area contributed by atoms with Crippen molar-refractivity contribution in [3.8, 4) is 0 Å². The van der Waals surface area contributed by atoms with Gasteiger partial charge in [-0.05, 0) is 77.0 Å². The van der Waals surface area contributed by atoms with E-state index in [1.54, 1.807) is 0 Å². The van der Waals surface area contributed by atoms with E-state index in [-0.39, 0.29) is 13.0 Å². The minimum absolute atomic E-state index is 0.0186. The number of phosphoric acid groups is 1. The van der Waals surface area contributed by atoms with Gasteiger partial charge in [0.2, 0.25) is 0 Å². The molecule has 0 aromatic carbocycles. The zero-order valence-corrected chi connectivity index (χ0v) is 39.1. The number of ether oxygens (including phenoxy) is 2. The van der Waals surface area contributed by atoms with E-state index in [0.717, 1.165) is 57.8 Å². The summed E-state index contributed by atoms with van der Waals surface area (Å²) in [7, 11) is -4.64. The molecule has 0 amide bonds. The first-order valence-corrected chi connectivity index (χ1v) is 25.1. The topological polar surface area (TPSA) is 155 Å². The largest absolute Gasteiger partial charge is 0.480 e. The average Bonchev–Trinajstić information content (AvgIpc) is 3.24. The number of unbranched alkanes of at least 4 members (excludes halogenated alkanes) is 16. The van der Waals surface area contributed by atoms with Gasteiger partial charge in [-0.15, -0.1) is 0 Å². The fraction of sp³-hybridized carbons (Fsp3) is 0.680. The Labute approximate surface area is 371 Å². The van der Waals surface area contributed by atoms with Gasteiger partial charge in [0, 0.05) is 13.0 Å². The molecular formula is C50H86NO9P. The highest BCUT2D eigenvalue weighted by Gasteiger charge is 2.27. The number of rotatable bonds is 44. The molecule has 3 atom stereocenters. The molecule has 350 valence electrons. The van der Waals surface area contributed by atoms with Crippen molar-refractivity contribution in [2.75, 3.05) is 26.4 Å². The summed E-state index contributed by atoms with van der Waals surface area (Å²) in [6.07, 6.45) is 58.0. The Morgan fingerprint density at radius 1 is 0.541 bits per heavy atom. The number of carbonyl (C=O) groups excluding carboxylic acids is 1. The van der Waals surface area contributed by atoms with Gasteiger partial charge in [-0.2, -0.15) is 0 Å². The van der Waals surface area contributed by atoms with E-state index < -0.39 is 45.1 Å². The normalized spacial score (nSPS) is 14.6. The van der Waals surface area contributed by atoms with Crippen LogP contribution in [0.5, 0.6) is 0 Å². The van der Waals surface area contributed by atoms with Crippen molar-refractivity contribution in [3.05, 3.63) is 85.1 Å². The number of hydrogen-bond donors (Lipinski definition) is 3. The second kappa shape index (κ2) is 45.2. The molecule has 0 fully saturated rings. The summed E-state index contributed by atoms with van der Waals surface area (Å²) in [4.78, 5) is 33.6. The van der Waals surface area contributed by atoms with E-state index in [1.165, 1.54) is 96.3 Å². The summed E-state index contributed by atoms with van der Waals surface area (Å²) in [6, 6.07) is -1.49. The van der Waals surface area contributed by atoms with E-state index in [2.05, 4.69) is 86.8 Å². The number of carbonyl (C=O) groups is 2. The number of carboxylic acid groups (broad SMARTS) is 1. The summed E-state index contributed by atoms with van der Waals surface area (Å²) >= 11 is 0. The molecule has 0 aliphatic heterocycles. The third-order valence-corrected chi connectivity index (χ3v) is 10.6. The molecule has 0 spiro atoms. The van der Waals surface area contributed by atoms with Crippen molar-refractivity contribution < 1.29 is 42.7 Å². The summed E-state index contributed by atoms with van der Waals surface area (Å²) in [5, 5.41) is 8.91. The highest BCUT2D eigenvalue weighted by atomic mass is 31.2. The molecule has 11 heteroatoms. The second-order valence-electron chi connectivity index (χ2n) is 15.5. The molecule has 0 rings (SSSR count). The Kier molecular flexibility index (Phi) is 43.1. The summed E-state index contributed by atoms with van der Waals surface area (Å²) in [6.45, 7) is 3.66. The van der Waals surface area contributed by atoms with Crippen LogP contribution in [0.3, 0.4) is 0 Å². The molecule has 0 heterocycles. The van der Waals surface area contributed by atoms with Crippen LogP contribution in [0.4, 0.5) is 0 Å². The van der Waals surface area contributed by atoms with Crippen LogP contribution in [0.25, 0.3) is 0 Å². The molecule has 0 aliphatic rings. The number of phosphoric ester groups is 1. The third-order valence-electron chi connectivity index (χ3n) is 9.67. The summed E-state index contributed by atoms with van der Waals surface area (Å²) in [5.41, 5.74) is 5.36. The van der Waals surface area contributed by atoms with E-state index in [4.69, 9.17) is 29.4 Å². The molecule has 61 heavy (non-hydrogen) atoms. The first kappa shape index (κ1) is 58.1. The molecule has 0 saturated heterocycles. The average molecular weight is 876 g/mol. The van der Waals surface area contributed by atoms with Gasteiger partial charge in [-0.1, -0.05) is 182 Å². The van der Waals surface area contributed by atoms with Crippen molar-refractivity contribution in [1.82, 2.24) is 0 Å². The lowest BCUT2D eigenvalue weighted by atomic mass is 10.1. The summed E-state index contributed by atoms with van der Waals surface area (Å²) < 4.78 is 33.3. The lowest BCUT2D eigenvalue weighted by Gasteiger charge is -2.20. The van der Waals surface area contributed by atoms with Crippen molar-refractivity contribution >= 4 is 19.8 Å². The standard InChI is InChI=1S/C50H86NO9P/c1-3-5-7-9-11-13-15-17-19-21-23-25-27-29-31-33-35-37-39-41-43-57-44-47(45-58-61(55,56)59-46-48(51)50(53)54)60-49(52)42-40-38-36-34-32-30-28-26-24-22-20-18-16-14-12-10-8-6-4-2/h6,8,12,14,17-20,24,26,30,32,36,38,47-48H,3-5,7,9-11,13,15-16,21-23,25,27-29,31,33-35,37,39-46,51H2,1-2H3,(H,53,54)(H,55,56)/b8-6-,14-12-,19-17-,20-18-,26-24-,32-30-,38-36-. The van der Waals surface area contributed by atoms with Gasteiger partial charge >= 0.3 is 19.8 Å².